The maximum absolute atomic E-state index is 5.32. The van der Waals surface area contributed by atoms with Crippen molar-refractivity contribution in [1.82, 2.24) is 19.4 Å². The maximum Gasteiger partial charge on any atom is 0.122 e. The Bertz CT molecular complexity index is 639. The van der Waals surface area contributed by atoms with Gasteiger partial charge in [0.1, 0.15) is 11.6 Å². The van der Waals surface area contributed by atoms with Gasteiger partial charge in [0.2, 0.25) is 0 Å². The van der Waals surface area contributed by atoms with E-state index in [-0.39, 0.29) is 0 Å². The molecule has 0 N–H and O–H groups in total. The molecule has 124 valence electrons. The summed E-state index contributed by atoms with van der Waals surface area (Å²) in [7, 11) is 3.78. The molecule has 0 unspecified atom stereocenters. The van der Waals surface area contributed by atoms with Crippen LogP contribution in [0, 0.1) is 0 Å². The van der Waals surface area contributed by atoms with Crippen molar-refractivity contribution in [3.05, 3.63) is 48.0 Å². The zero-order chi connectivity index (χ0) is 16.2. The fourth-order valence-electron chi connectivity index (χ4n) is 3.21. The van der Waals surface area contributed by atoms with E-state index in [1.54, 1.807) is 7.11 Å². The summed E-state index contributed by atoms with van der Waals surface area (Å²) < 4.78 is 7.42. The number of nitrogens with zero attached hydrogens (tertiary/aromatic N) is 4. The summed E-state index contributed by atoms with van der Waals surface area (Å²) in [5.74, 6) is 2.07. The van der Waals surface area contributed by atoms with Crippen LogP contribution >= 0.6 is 0 Å². The molecule has 2 heterocycles. The van der Waals surface area contributed by atoms with Gasteiger partial charge in [-0.25, -0.2) is 4.98 Å². The van der Waals surface area contributed by atoms with Gasteiger partial charge in [-0.05, 0) is 24.6 Å². The Morgan fingerprint density at radius 2 is 2.13 bits per heavy atom. The van der Waals surface area contributed by atoms with E-state index in [2.05, 4.69) is 51.5 Å². The molecule has 0 spiro atoms. The van der Waals surface area contributed by atoms with Crippen LogP contribution in [0.2, 0.25) is 0 Å². The third-order valence-corrected chi connectivity index (χ3v) is 4.66. The standard InChI is InChI=1S/C18H26N4O/c1-15-12-21(13-16-5-4-6-17(11-16)23-3)9-10-22(15)14-18-19-7-8-20(18)2/h4-8,11,15H,9-10,12-14H2,1-3H3/t15-/m1/s1. The van der Waals surface area contributed by atoms with E-state index in [0.29, 0.717) is 6.04 Å². The molecule has 1 aliphatic rings. The molecule has 1 saturated heterocycles. The largest absolute Gasteiger partial charge is 0.497 e. The highest BCUT2D eigenvalue weighted by molar-refractivity contribution is 5.28. The molecular weight excluding hydrogens is 288 g/mol. The van der Waals surface area contributed by atoms with E-state index in [1.807, 2.05) is 18.5 Å². The first-order valence-electron chi connectivity index (χ1n) is 8.21. The van der Waals surface area contributed by atoms with Crippen molar-refractivity contribution in [2.24, 2.45) is 7.05 Å². The number of aryl methyl sites for hydroxylation is 1. The zero-order valence-corrected chi connectivity index (χ0v) is 14.3. The monoisotopic (exact) mass is 314 g/mol. The molecule has 23 heavy (non-hydrogen) atoms. The predicted octanol–water partition coefficient (Wildman–Crippen LogP) is 2.13. The summed E-state index contributed by atoms with van der Waals surface area (Å²) in [5, 5.41) is 0. The third-order valence-electron chi connectivity index (χ3n) is 4.66. The smallest absolute Gasteiger partial charge is 0.122 e. The van der Waals surface area contributed by atoms with Crippen molar-refractivity contribution in [2.75, 3.05) is 26.7 Å². The van der Waals surface area contributed by atoms with Gasteiger partial charge in [-0.1, -0.05) is 12.1 Å². The minimum absolute atomic E-state index is 0.533. The lowest BCUT2D eigenvalue weighted by Crippen LogP contribution is -2.51. The molecule has 5 heteroatoms. The number of piperazine rings is 1. The highest BCUT2D eigenvalue weighted by Crippen LogP contribution is 2.18. The topological polar surface area (TPSA) is 33.5 Å². The van der Waals surface area contributed by atoms with Crippen molar-refractivity contribution in [1.29, 1.82) is 0 Å². The van der Waals surface area contributed by atoms with E-state index in [1.165, 1.54) is 5.56 Å². The third kappa shape index (κ3) is 3.92. The van der Waals surface area contributed by atoms with Crippen LogP contribution in [-0.2, 0) is 20.1 Å². The summed E-state index contributed by atoms with van der Waals surface area (Å²) in [4.78, 5) is 9.48. The molecule has 1 aliphatic heterocycles. The highest BCUT2D eigenvalue weighted by Gasteiger charge is 2.24. The molecule has 0 saturated carbocycles. The molecule has 1 aromatic carbocycles. The molecule has 1 aromatic heterocycles. The molecule has 0 aliphatic carbocycles. The fraction of sp³-hybridized carbons (Fsp3) is 0.500. The first-order valence-corrected chi connectivity index (χ1v) is 8.21. The van der Waals surface area contributed by atoms with Gasteiger partial charge in [0.15, 0.2) is 0 Å². The number of rotatable bonds is 5. The molecule has 2 aromatic rings. The lowest BCUT2D eigenvalue weighted by Gasteiger charge is -2.39. The number of imidazole rings is 1. The summed E-state index contributed by atoms with van der Waals surface area (Å²) in [5.41, 5.74) is 1.31. The number of hydrogen-bond acceptors (Lipinski definition) is 4. The van der Waals surface area contributed by atoms with E-state index in [9.17, 15) is 0 Å². The van der Waals surface area contributed by atoms with Crippen LogP contribution < -0.4 is 4.74 Å². The van der Waals surface area contributed by atoms with E-state index in [0.717, 1.165) is 44.3 Å². The van der Waals surface area contributed by atoms with Gasteiger partial charge in [-0.15, -0.1) is 0 Å². The first kappa shape index (κ1) is 16.0. The summed E-state index contributed by atoms with van der Waals surface area (Å²) in [6, 6.07) is 8.90. The van der Waals surface area contributed by atoms with Crippen LogP contribution in [0.3, 0.4) is 0 Å². The van der Waals surface area contributed by atoms with Gasteiger partial charge < -0.3 is 9.30 Å². The normalized spacial score (nSPS) is 19.9. The van der Waals surface area contributed by atoms with Gasteiger partial charge in [0.25, 0.3) is 0 Å². The number of aromatic nitrogens is 2. The lowest BCUT2D eigenvalue weighted by molar-refractivity contribution is 0.0707. The SMILES string of the molecule is COc1cccc(CN2CCN(Cc3nccn3C)[C@H](C)C2)c1. The average molecular weight is 314 g/mol. The highest BCUT2D eigenvalue weighted by atomic mass is 16.5. The van der Waals surface area contributed by atoms with Crippen LogP contribution in [0.5, 0.6) is 5.75 Å². The molecule has 0 radical (unpaired) electrons. The van der Waals surface area contributed by atoms with Gasteiger partial charge in [-0.2, -0.15) is 0 Å². The average Bonchev–Trinajstić information content (AvgIpc) is 2.95. The maximum atomic E-state index is 5.32. The Balaban J connectivity index is 1.56. The van der Waals surface area contributed by atoms with Crippen molar-refractivity contribution < 1.29 is 4.74 Å². The summed E-state index contributed by atoms with van der Waals surface area (Å²) >= 11 is 0. The van der Waals surface area contributed by atoms with Crippen molar-refractivity contribution in [3.8, 4) is 5.75 Å². The van der Waals surface area contributed by atoms with Crippen LogP contribution in [0.4, 0.5) is 0 Å². The number of ether oxygens (including phenoxy) is 1. The Morgan fingerprint density at radius 3 is 2.83 bits per heavy atom. The van der Waals surface area contributed by atoms with Gasteiger partial charge >= 0.3 is 0 Å². The van der Waals surface area contributed by atoms with Crippen LogP contribution in [0.1, 0.15) is 18.3 Å². The van der Waals surface area contributed by atoms with Crippen LogP contribution in [0.15, 0.2) is 36.7 Å². The number of methoxy groups -OCH3 is 1. The molecule has 1 atom stereocenters. The van der Waals surface area contributed by atoms with Crippen molar-refractivity contribution in [2.45, 2.75) is 26.1 Å². The molecule has 5 nitrogen and oxygen atoms in total. The molecule has 1 fully saturated rings. The summed E-state index contributed by atoms with van der Waals surface area (Å²) in [6.07, 6.45) is 3.89. The second-order valence-electron chi connectivity index (χ2n) is 6.36. The van der Waals surface area contributed by atoms with Crippen molar-refractivity contribution >= 4 is 0 Å². The van der Waals surface area contributed by atoms with Crippen molar-refractivity contribution in [3.63, 3.8) is 0 Å². The Labute approximate surface area is 138 Å². The molecular formula is C18H26N4O. The van der Waals surface area contributed by atoms with E-state index < -0.39 is 0 Å². The predicted molar refractivity (Wildman–Crippen MR) is 91.4 cm³/mol. The number of benzene rings is 1. The second-order valence-corrected chi connectivity index (χ2v) is 6.36. The zero-order valence-electron chi connectivity index (χ0n) is 14.3. The van der Waals surface area contributed by atoms with Gasteiger partial charge in [0, 0.05) is 51.7 Å². The Hall–Kier alpha value is -1.85. The molecule has 3 rings (SSSR count). The summed E-state index contributed by atoms with van der Waals surface area (Å²) in [6.45, 7) is 7.47. The minimum Gasteiger partial charge on any atom is -0.497 e. The van der Waals surface area contributed by atoms with Gasteiger partial charge in [0.05, 0.1) is 13.7 Å². The quantitative estimate of drug-likeness (QED) is 0.847. The Morgan fingerprint density at radius 1 is 1.26 bits per heavy atom. The van der Waals surface area contributed by atoms with Crippen LogP contribution in [-0.4, -0.2) is 52.1 Å². The molecule has 0 bridgehead atoms. The van der Waals surface area contributed by atoms with Crippen LogP contribution in [0.25, 0.3) is 0 Å². The second kappa shape index (κ2) is 7.15. The minimum atomic E-state index is 0.533. The first-order chi connectivity index (χ1) is 11.2. The fourth-order valence-corrected chi connectivity index (χ4v) is 3.21. The Kier molecular flexibility index (Phi) is 4.98. The lowest BCUT2D eigenvalue weighted by atomic mass is 10.1. The van der Waals surface area contributed by atoms with E-state index in [4.69, 9.17) is 4.74 Å². The number of hydrogen-bond donors (Lipinski definition) is 0. The van der Waals surface area contributed by atoms with Gasteiger partial charge in [-0.3, -0.25) is 9.80 Å². The molecule has 0 amide bonds. The van der Waals surface area contributed by atoms with E-state index >= 15 is 0 Å².